The molecule has 0 aliphatic carbocycles. The molecule has 4 rings (SSSR count). The normalized spacial score (nSPS) is 19.8. The van der Waals surface area contributed by atoms with E-state index in [2.05, 4.69) is 15.6 Å². The minimum absolute atomic E-state index is 0.148. The summed E-state index contributed by atoms with van der Waals surface area (Å²) in [5.74, 6) is -1.89. The van der Waals surface area contributed by atoms with E-state index in [4.69, 9.17) is 16.3 Å². The molecule has 1 amide bonds. The summed E-state index contributed by atoms with van der Waals surface area (Å²) in [5, 5.41) is 6.71. The molecule has 0 fully saturated rings. The molecule has 0 bridgehead atoms. The number of benzene rings is 2. The molecule has 5 nitrogen and oxygen atoms in total. The monoisotopic (exact) mass is 433 g/mol. The Morgan fingerprint density at radius 3 is 2.73 bits per heavy atom. The Labute approximate surface area is 177 Å². The molecule has 2 aromatic carbocycles. The van der Waals surface area contributed by atoms with Crippen molar-refractivity contribution in [3.63, 3.8) is 0 Å². The molecule has 3 aromatic rings. The molecule has 0 radical (unpaired) electrons. The highest BCUT2D eigenvalue weighted by atomic mass is 35.5. The number of hydrogen-bond acceptors (Lipinski definition) is 3. The van der Waals surface area contributed by atoms with E-state index in [1.165, 1.54) is 13.1 Å². The summed E-state index contributed by atoms with van der Waals surface area (Å²) in [6.07, 6.45) is 0.302. The van der Waals surface area contributed by atoms with Crippen LogP contribution in [-0.2, 0) is 4.74 Å². The van der Waals surface area contributed by atoms with E-state index in [9.17, 15) is 4.79 Å². The zero-order chi connectivity index (χ0) is 21.8. The molecule has 30 heavy (non-hydrogen) atoms. The number of amides is 1. The lowest BCUT2D eigenvalue weighted by atomic mass is 9.77. The van der Waals surface area contributed by atoms with Crippen LogP contribution >= 0.6 is 11.6 Å². The Morgan fingerprint density at radius 1 is 1.30 bits per heavy atom. The maximum absolute atomic E-state index is 15.8. The number of carbonyl (C=O) groups is 1. The van der Waals surface area contributed by atoms with Crippen LogP contribution in [0.15, 0.2) is 30.5 Å². The second-order valence-corrected chi connectivity index (χ2v) is 8.49. The van der Waals surface area contributed by atoms with Crippen LogP contribution in [0.25, 0.3) is 22.0 Å². The topological polar surface area (TPSA) is 66.1 Å². The number of anilines is 1. The first-order valence-corrected chi connectivity index (χ1v) is 9.98. The predicted molar refractivity (Wildman–Crippen MR) is 114 cm³/mol. The van der Waals surface area contributed by atoms with Crippen molar-refractivity contribution in [2.75, 3.05) is 12.4 Å². The van der Waals surface area contributed by atoms with Crippen LogP contribution in [0, 0.1) is 11.6 Å². The third-order valence-electron chi connectivity index (χ3n) is 5.71. The van der Waals surface area contributed by atoms with Crippen LogP contribution in [0.4, 0.5) is 19.3 Å². The zero-order valence-corrected chi connectivity index (χ0v) is 17.7. The number of para-hydroxylation sites is 1. The molecule has 0 unspecified atom stereocenters. The first kappa shape index (κ1) is 20.5. The average molecular weight is 434 g/mol. The third kappa shape index (κ3) is 3.08. The van der Waals surface area contributed by atoms with Gasteiger partial charge in [0.05, 0.1) is 21.6 Å². The number of hydrogen-bond donors (Lipinski definition) is 3. The Balaban J connectivity index is 1.91. The minimum Gasteiger partial charge on any atom is -0.443 e. The summed E-state index contributed by atoms with van der Waals surface area (Å²) in [5.41, 5.74) is 0.666. The quantitative estimate of drug-likeness (QED) is 0.478. The second kappa shape index (κ2) is 7.16. The van der Waals surface area contributed by atoms with Crippen molar-refractivity contribution in [2.45, 2.75) is 38.3 Å². The van der Waals surface area contributed by atoms with Crippen LogP contribution in [0.3, 0.4) is 0 Å². The van der Waals surface area contributed by atoms with Crippen LogP contribution in [0.1, 0.15) is 32.3 Å². The van der Waals surface area contributed by atoms with E-state index in [-0.39, 0.29) is 11.1 Å². The third-order valence-corrected chi connectivity index (χ3v) is 6.02. The number of fused-ring (bicyclic) bond motifs is 2. The van der Waals surface area contributed by atoms with Crippen molar-refractivity contribution in [2.24, 2.45) is 0 Å². The van der Waals surface area contributed by atoms with E-state index in [0.29, 0.717) is 27.2 Å². The summed E-state index contributed by atoms with van der Waals surface area (Å²) in [6.45, 7) is 5.42. The van der Waals surface area contributed by atoms with Gasteiger partial charge in [0.2, 0.25) is 0 Å². The highest BCUT2D eigenvalue weighted by Gasteiger charge is 2.44. The number of carbonyl (C=O) groups excluding carboxylic acids is 1. The Hall–Kier alpha value is -2.80. The van der Waals surface area contributed by atoms with Gasteiger partial charge in [-0.2, -0.15) is 0 Å². The van der Waals surface area contributed by atoms with Gasteiger partial charge in [0.25, 0.3) is 0 Å². The van der Waals surface area contributed by atoms with Gasteiger partial charge in [-0.05, 0) is 19.9 Å². The Morgan fingerprint density at radius 2 is 2.03 bits per heavy atom. The molecule has 0 saturated carbocycles. The van der Waals surface area contributed by atoms with Crippen molar-refractivity contribution >= 4 is 34.3 Å². The van der Waals surface area contributed by atoms with Crippen LogP contribution in [-0.4, -0.2) is 29.8 Å². The molecule has 158 valence electrons. The largest absolute Gasteiger partial charge is 0.443 e. The summed E-state index contributed by atoms with van der Waals surface area (Å²) >= 11 is 6.18. The van der Waals surface area contributed by atoms with Gasteiger partial charge in [0.15, 0.2) is 0 Å². The minimum atomic E-state index is -0.730. The molecule has 0 saturated heterocycles. The molecule has 2 atom stereocenters. The maximum atomic E-state index is 15.8. The number of alkyl carbamates (subject to hydrolysis) is 1. The maximum Gasteiger partial charge on any atom is 0.407 e. The molecule has 1 aromatic heterocycles. The van der Waals surface area contributed by atoms with Gasteiger partial charge < -0.3 is 20.4 Å². The molecule has 3 N–H and O–H groups in total. The van der Waals surface area contributed by atoms with Gasteiger partial charge in [-0.3, -0.25) is 0 Å². The van der Waals surface area contributed by atoms with Crippen molar-refractivity contribution < 1.29 is 18.3 Å². The van der Waals surface area contributed by atoms with Crippen molar-refractivity contribution in [1.29, 1.82) is 0 Å². The molecule has 1 aliphatic rings. The molecular formula is C22H22ClF2N3O2. The van der Waals surface area contributed by atoms with Gasteiger partial charge in [-0.25, -0.2) is 13.6 Å². The zero-order valence-electron chi connectivity index (χ0n) is 17.0. The van der Waals surface area contributed by atoms with Crippen molar-refractivity contribution in [1.82, 2.24) is 10.3 Å². The van der Waals surface area contributed by atoms with Gasteiger partial charge in [-0.1, -0.05) is 36.7 Å². The fourth-order valence-electron chi connectivity index (χ4n) is 4.38. The SMILES string of the molecule is CNC(=O)O[C@H]1[C@H](C)c2c(cc(F)c(-c3cccc4c(Cl)c[nH]c34)c2F)NC1(C)C. The number of rotatable bonds is 2. The second-order valence-electron chi connectivity index (χ2n) is 8.08. The number of aromatic amines is 1. The van der Waals surface area contributed by atoms with Gasteiger partial charge in [0.1, 0.15) is 17.7 Å². The van der Waals surface area contributed by atoms with E-state index in [0.717, 1.165) is 0 Å². The highest BCUT2D eigenvalue weighted by Crippen LogP contribution is 2.46. The molecule has 0 spiro atoms. The van der Waals surface area contributed by atoms with Gasteiger partial charge in [-0.15, -0.1) is 0 Å². The Kier molecular flexibility index (Phi) is 4.89. The van der Waals surface area contributed by atoms with Crippen molar-refractivity contribution in [3.05, 3.63) is 52.7 Å². The number of aromatic nitrogens is 1. The van der Waals surface area contributed by atoms with Gasteiger partial charge in [0, 0.05) is 41.4 Å². The lowest BCUT2D eigenvalue weighted by Gasteiger charge is -2.44. The van der Waals surface area contributed by atoms with Crippen LogP contribution in [0.2, 0.25) is 5.02 Å². The summed E-state index contributed by atoms with van der Waals surface area (Å²) < 4.78 is 36.6. The smallest absolute Gasteiger partial charge is 0.407 e. The highest BCUT2D eigenvalue weighted by molar-refractivity contribution is 6.36. The molecule has 2 heterocycles. The van der Waals surface area contributed by atoms with E-state index in [1.54, 1.807) is 31.3 Å². The van der Waals surface area contributed by atoms with Crippen LogP contribution < -0.4 is 10.6 Å². The predicted octanol–water partition coefficient (Wildman–Crippen LogP) is 5.80. The standard InChI is InChI=1S/C22H22ClF2N3O2/c1-10-16-15(28-22(2,3)20(10)30-21(29)26-4)8-14(24)17(18(16)25)12-7-5-6-11-13(23)9-27-19(11)12/h5-10,20,27-28H,1-4H3,(H,26,29)/t10-,20+/m1/s1. The summed E-state index contributed by atoms with van der Waals surface area (Å²) in [4.78, 5) is 14.9. The number of halogens is 3. The van der Waals surface area contributed by atoms with Crippen LogP contribution in [0.5, 0.6) is 0 Å². The molecule has 1 aliphatic heterocycles. The van der Waals surface area contributed by atoms with E-state index in [1.807, 2.05) is 13.8 Å². The lowest BCUT2D eigenvalue weighted by Crippen LogP contribution is -2.53. The van der Waals surface area contributed by atoms with Gasteiger partial charge >= 0.3 is 6.09 Å². The Bertz CT molecular complexity index is 1160. The fourth-order valence-corrected chi connectivity index (χ4v) is 4.59. The summed E-state index contributed by atoms with van der Waals surface area (Å²) in [6, 6.07) is 6.43. The molecule has 8 heteroatoms. The number of nitrogens with one attached hydrogen (secondary N) is 3. The first-order valence-electron chi connectivity index (χ1n) is 9.60. The van der Waals surface area contributed by atoms with E-state index >= 15 is 8.78 Å². The number of H-pyrrole nitrogens is 1. The van der Waals surface area contributed by atoms with E-state index < -0.39 is 35.3 Å². The number of ether oxygens (including phenoxy) is 1. The fraction of sp³-hybridized carbons (Fsp3) is 0.318. The van der Waals surface area contributed by atoms with Crippen molar-refractivity contribution in [3.8, 4) is 11.1 Å². The molecular weight excluding hydrogens is 412 g/mol. The first-order chi connectivity index (χ1) is 14.2. The average Bonchev–Trinajstić information content (AvgIpc) is 3.06. The summed E-state index contributed by atoms with van der Waals surface area (Å²) in [7, 11) is 1.46. The lowest BCUT2D eigenvalue weighted by molar-refractivity contribution is 0.0480.